The number of carbonyl (C=O) groups is 1. The number of hydrogen-bond acceptors (Lipinski definition) is 4. The predicted molar refractivity (Wildman–Crippen MR) is 61.0 cm³/mol. The molecule has 0 aromatic rings. The van der Waals surface area contributed by atoms with Crippen LogP contribution in [0.5, 0.6) is 0 Å². The molecule has 0 radical (unpaired) electrons. The summed E-state index contributed by atoms with van der Waals surface area (Å²) >= 11 is 0. The molecule has 2 rings (SSSR count). The second-order valence-electron chi connectivity index (χ2n) is 5.66. The van der Waals surface area contributed by atoms with E-state index >= 15 is 0 Å². The van der Waals surface area contributed by atoms with E-state index in [4.69, 9.17) is 4.74 Å². The second-order valence-corrected chi connectivity index (χ2v) is 7.33. The third-order valence-electron chi connectivity index (χ3n) is 4.76. The third kappa shape index (κ3) is 1.46. The van der Waals surface area contributed by atoms with Crippen LogP contribution in [0.15, 0.2) is 0 Å². The van der Waals surface area contributed by atoms with Crippen LogP contribution in [0, 0.1) is 11.3 Å². The molecule has 2 bridgehead atoms. The fraction of sp³-hybridized carbons (Fsp3) is 0.909. The minimum atomic E-state index is -4.25. The Morgan fingerprint density at radius 1 is 1.41 bits per heavy atom. The van der Waals surface area contributed by atoms with Gasteiger partial charge < -0.3 is 4.74 Å². The van der Waals surface area contributed by atoms with Crippen LogP contribution in [0.3, 0.4) is 0 Å². The van der Waals surface area contributed by atoms with E-state index in [0.29, 0.717) is 12.8 Å². The van der Waals surface area contributed by atoms with Crippen molar-refractivity contribution in [3.05, 3.63) is 0 Å². The van der Waals surface area contributed by atoms with Crippen molar-refractivity contribution < 1.29 is 22.5 Å². The standard InChI is InChI=1S/C11H18O5S/c1-7(12)16-9-6-8-4-5-11(9,10(8,2)3)17(13,14)15/h8-9H,4-6H2,1-3H3,(H,13,14,15). The molecule has 2 aliphatic carbocycles. The Balaban J connectivity index is 2.50. The first kappa shape index (κ1) is 12.8. The fourth-order valence-corrected chi connectivity index (χ4v) is 5.51. The lowest BCUT2D eigenvalue weighted by atomic mass is 9.81. The van der Waals surface area contributed by atoms with Gasteiger partial charge in [0.05, 0.1) is 0 Å². The molecule has 0 aliphatic heterocycles. The Kier molecular flexibility index (Phi) is 2.60. The summed E-state index contributed by atoms with van der Waals surface area (Å²) in [6, 6.07) is 0. The highest BCUT2D eigenvalue weighted by Crippen LogP contribution is 2.64. The normalized spacial score (nSPS) is 39.3. The number of esters is 1. The van der Waals surface area contributed by atoms with Crippen molar-refractivity contribution in [2.24, 2.45) is 11.3 Å². The molecule has 0 saturated heterocycles. The van der Waals surface area contributed by atoms with Gasteiger partial charge in [-0.3, -0.25) is 9.35 Å². The van der Waals surface area contributed by atoms with Gasteiger partial charge in [-0.05, 0) is 30.6 Å². The predicted octanol–water partition coefficient (Wildman–Crippen LogP) is 1.38. The average molecular weight is 262 g/mol. The zero-order valence-electron chi connectivity index (χ0n) is 10.3. The van der Waals surface area contributed by atoms with Crippen LogP contribution < -0.4 is 0 Å². The first-order valence-electron chi connectivity index (χ1n) is 5.77. The first-order valence-corrected chi connectivity index (χ1v) is 7.21. The number of hydrogen-bond donors (Lipinski definition) is 1. The van der Waals surface area contributed by atoms with Crippen molar-refractivity contribution in [2.45, 2.75) is 50.9 Å². The van der Waals surface area contributed by atoms with Crippen LogP contribution in [-0.4, -0.2) is 29.8 Å². The smallest absolute Gasteiger partial charge is 0.302 e. The van der Waals surface area contributed by atoms with Crippen molar-refractivity contribution >= 4 is 16.1 Å². The first-order chi connectivity index (χ1) is 7.63. The van der Waals surface area contributed by atoms with Crippen molar-refractivity contribution in [1.82, 2.24) is 0 Å². The third-order valence-corrected chi connectivity index (χ3v) is 6.68. The summed E-state index contributed by atoms with van der Waals surface area (Å²) < 4.78 is 37.0. The van der Waals surface area contributed by atoms with Gasteiger partial charge in [-0.15, -0.1) is 0 Å². The minimum absolute atomic E-state index is 0.175. The highest BCUT2D eigenvalue weighted by atomic mass is 32.2. The summed E-state index contributed by atoms with van der Waals surface area (Å²) in [5, 5.41) is 0. The van der Waals surface area contributed by atoms with Gasteiger partial charge in [0.1, 0.15) is 10.9 Å². The highest BCUT2D eigenvalue weighted by Gasteiger charge is 2.72. The van der Waals surface area contributed by atoms with Crippen molar-refractivity contribution in [2.75, 3.05) is 0 Å². The van der Waals surface area contributed by atoms with Gasteiger partial charge in [-0.25, -0.2) is 0 Å². The van der Waals surface area contributed by atoms with Crippen LogP contribution in [0.4, 0.5) is 0 Å². The SMILES string of the molecule is CC(=O)OC1CC2CCC1(S(=O)(=O)O)C2(C)C. The van der Waals surface area contributed by atoms with Gasteiger partial charge in [0.25, 0.3) is 10.1 Å². The Morgan fingerprint density at radius 3 is 2.41 bits per heavy atom. The van der Waals surface area contributed by atoms with Gasteiger partial charge >= 0.3 is 5.97 Å². The molecule has 2 saturated carbocycles. The van der Waals surface area contributed by atoms with E-state index in [-0.39, 0.29) is 5.92 Å². The summed E-state index contributed by atoms with van der Waals surface area (Å²) in [6.45, 7) is 4.93. The molecule has 0 amide bonds. The maximum Gasteiger partial charge on any atom is 0.302 e. The topological polar surface area (TPSA) is 80.7 Å². The largest absolute Gasteiger partial charge is 0.461 e. The average Bonchev–Trinajstić information content (AvgIpc) is 2.49. The van der Waals surface area contributed by atoms with Gasteiger partial charge in [-0.1, -0.05) is 13.8 Å². The minimum Gasteiger partial charge on any atom is -0.461 e. The molecule has 2 aliphatic rings. The summed E-state index contributed by atoms with van der Waals surface area (Å²) in [7, 11) is -4.25. The van der Waals surface area contributed by atoms with E-state index in [1.54, 1.807) is 0 Å². The van der Waals surface area contributed by atoms with Gasteiger partial charge in [0.2, 0.25) is 0 Å². The van der Waals surface area contributed by atoms with Crippen molar-refractivity contribution in [3.63, 3.8) is 0 Å². The lowest BCUT2D eigenvalue weighted by molar-refractivity contribution is -0.148. The number of fused-ring (bicyclic) bond motifs is 2. The number of ether oxygens (including phenoxy) is 1. The van der Waals surface area contributed by atoms with E-state index < -0.39 is 32.4 Å². The molecular weight excluding hydrogens is 244 g/mol. The number of rotatable bonds is 2. The molecular formula is C11H18O5S. The Morgan fingerprint density at radius 2 is 2.00 bits per heavy atom. The maximum atomic E-state index is 11.8. The van der Waals surface area contributed by atoms with Crippen LogP contribution >= 0.6 is 0 Å². The van der Waals surface area contributed by atoms with Gasteiger partial charge in [0.15, 0.2) is 0 Å². The summed E-state index contributed by atoms with van der Waals surface area (Å²) in [5.74, 6) is -0.324. The fourth-order valence-electron chi connectivity index (χ4n) is 3.83. The van der Waals surface area contributed by atoms with Crippen molar-refractivity contribution in [3.8, 4) is 0 Å². The lowest BCUT2D eigenvalue weighted by Gasteiger charge is -2.38. The van der Waals surface area contributed by atoms with E-state index in [1.807, 2.05) is 13.8 Å². The second kappa shape index (κ2) is 3.45. The monoisotopic (exact) mass is 262 g/mol. The highest BCUT2D eigenvalue weighted by molar-refractivity contribution is 7.87. The molecule has 0 spiro atoms. The van der Waals surface area contributed by atoms with Gasteiger partial charge in [-0.2, -0.15) is 8.42 Å². The Labute approximate surface area is 101 Å². The summed E-state index contributed by atoms with van der Waals surface area (Å²) in [5.41, 5.74) is -0.555. The van der Waals surface area contributed by atoms with Crippen LogP contribution in [0.2, 0.25) is 0 Å². The quantitative estimate of drug-likeness (QED) is 0.600. The molecule has 0 heterocycles. The van der Waals surface area contributed by atoms with Crippen LogP contribution in [0.25, 0.3) is 0 Å². The molecule has 6 heteroatoms. The Bertz CT molecular complexity index is 452. The van der Waals surface area contributed by atoms with Gasteiger partial charge in [0, 0.05) is 6.92 Å². The van der Waals surface area contributed by atoms with Crippen molar-refractivity contribution in [1.29, 1.82) is 0 Å². The Hall–Kier alpha value is -0.620. The molecule has 1 N–H and O–H groups in total. The molecule has 3 unspecified atom stereocenters. The summed E-state index contributed by atoms with van der Waals surface area (Å²) in [4.78, 5) is 11.1. The van der Waals surface area contributed by atoms with Crippen LogP contribution in [0.1, 0.15) is 40.0 Å². The summed E-state index contributed by atoms with van der Waals surface area (Å²) in [6.07, 6.45) is 0.919. The van der Waals surface area contributed by atoms with E-state index in [2.05, 4.69) is 0 Å². The van der Waals surface area contributed by atoms with Crippen LogP contribution in [-0.2, 0) is 19.6 Å². The molecule has 2 fully saturated rings. The molecule has 3 atom stereocenters. The molecule has 0 aromatic heterocycles. The molecule has 0 aromatic carbocycles. The zero-order chi connectivity index (χ0) is 13.1. The van der Waals surface area contributed by atoms with E-state index in [9.17, 15) is 17.8 Å². The maximum absolute atomic E-state index is 11.8. The van der Waals surface area contributed by atoms with E-state index in [0.717, 1.165) is 6.42 Å². The zero-order valence-corrected chi connectivity index (χ0v) is 11.1. The molecule has 5 nitrogen and oxygen atoms in total. The molecule has 17 heavy (non-hydrogen) atoms. The lowest BCUT2D eigenvalue weighted by Crippen LogP contribution is -2.53. The molecule has 98 valence electrons. The number of carbonyl (C=O) groups excluding carboxylic acids is 1. The van der Waals surface area contributed by atoms with E-state index in [1.165, 1.54) is 6.92 Å².